The second kappa shape index (κ2) is 5.66. The number of carbonyl (C=O) groups excluding carboxylic acids is 1. The smallest absolute Gasteiger partial charge is 0.186 e. The lowest BCUT2D eigenvalue weighted by Gasteiger charge is -1.97. The van der Waals surface area contributed by atoms with E-state index in [-0.39, 0.29) is 10.9 Å². The molecule has 0 unspecified atom stereocenters. The van der Waals surface area contributed by atoms with Crippen LogP contribution in [0, 0.1) is 12.7 Å². The largest absolute Gasteiger partial charge is 0.288 e. The molecule has 0 aliphatic carbocycles. The average Bonchev–Trinajstić information content (AvgIpc) is 2.17. The van der Waals surface area contributed by atoms with E-state index in [9.17, 15) is 9.18 Å². The summed E-state index contributed by atoms with van der Waals surface area (Å²) < 4.78 is 13.2. The van der Waals surface area contributed by atoms with Crippen LogP contribution in [0.3, 0.4) is 0 Å². The Hall–Kier alpha value is -1.16. The molecule has 0 atom stereocenters. The number of rotatable bonds is 3. The minimum Gasteiger partial charge on any atom is -0.288 e. The summed E-state index contributed by atoms with van der Waals surface area (Å²) in [6.45, 7) is 3.31. The summed E-state index contributed by atoms with van der Waals surface area (Å²) >= 11 is 1.18. The Morgan fingerprint density at radius 3 is 3.00 bits per heavy atom. The first-order valence-electron chi connectivity index (χ1n) is 4.52. The van der Waals surface area contributed by atoms with Gasteiger partial charge in [-0.05, 0) is 25.1 Å². The molecule has 15 heavy (non-hydrogen) atoms. The zero-order valence-corrected chi connectivity index (χ0v) is 9.47. The van der Waals surface area contributed by atoms with E-state index in [4.69, 9.17) is 0 Å². The fraction of sp³-hybridized carbons (Fsp3) is 0.273. The van der Waals surface area contributed by atoms with Gasteiger partial charge in [-0.15, -0.1) is 0 Å². The summed E-state index contributed by atoms with van der Waals surface area (Å²) in [6.07, 6.45) is 3.33. The third kappa shape index (κ3) is 4.25. The minimum atomic E-state index is -0.343. The summed E-state index contributed by atoms with van der Waals surface area (Å²) in [5.74, 6) is 0.203. The van der Waals surface area contributed by atoms with Gasteiger partial charge in [0.15, 0.2) is 5.12 Å². The highest BCUT2D eigenvalue weighted by molar-refractivity contribution is 8.13. The number of aromatic nitrogens is 1. The summed E-state index contributed by atoms with van der Waals surface area (Å²) in [4.78, 5) is 14.6. The second-order valence-electron chi connectivity index (χ2n) is 3.02. The van der Waals surface area contributed by atoms with Gasteiger partial charge < -0.3 is 0 Å². The molecular formula is C11H12FNOS. The maximum Gasteiger partial charge on any atom is 0.186 e. The normalized spacial score (nSPS) is 10.9. The molecule has 0 aromatic carbocycles. The molecule has 0 N–H and O–H groups in total. The predicted octanol–water partition coefficient (Wildman–Crippen LogP) is 2.82. The van der Waals surface area contributed by atoms with Crippen LogP contribution in [0.4, 0.5) is 4.39 Å². The van der Waals surface area contributed by atoms with Crippen LogP contribution in [0.5, 0.6) is 0 Å². The van der Waals surface area contributed by atoms with Crippen LogP contribution in [-0.2, 0) is 4.79 Å². The fourth-order valence-corrected chi connectivity index (χ4v) is 1.43. The maximum absolute atomic E-state index is 13.2. The van der Waals surface area contributed by atoms with Crippen molar-refractivity contribution in [2.24, 2.45) is 0 Å². The molecule has 0 saturated heterocycles. The van der Waals surface area contributed by atoms with Crippen LogP contribution >= 0.6 is 11.8 Å². The number of aryl methyl sites for hydroxylation is 1. The number of thioether (sulfide) groups is 1. The van der Waals surface area contributed by atoms with Crippen LogP contribution in [0.1, 0.15) is 18.3 Å². The molecule has 80 valence electrons. The standard InChI is InChI=1S/C11H12FNOS/c1-8-5-6-10(12)11(13-8)4-3-7-15-9(2)14/h3-6H,7H2,1-2H3. The molecule has 0 bridgehead atoms. The van der Waals surface area contributed by atoms with Crippen LogP contribution < -0.4 is 0 Å². The first-order chi connectivity index (χ1) is 7.09. The highest BCUT2D eigenvalue weighted by atomic mass is 32.2. The van der Waals surface area contributed by atoms with Crippen LogP contribution in [0.25, 0.3) is 6.08 Å². The van der Waals surface area contributed by atoms with Crippen molar-refractivity contribution in [3.63, 3.8) is 0 Å². The van der Waals surface area contributed by atoms with Gasteiger partial charge in [-0.3, -0.25) is 9.78 Å². The van der Waals surface area contributed by atoms with Crippen molar-refractivity contribution in [1.82, 2.24) is 4.98 Å². The summed E-state index contributed by atoms with van der Waals surface area (Å²) in [5.41, 5.74) is 1.09. The molecule has 0 radical (unpaired) electrons. The van der Waals surface area contributed by atoms with Crippen molar-refractivity contribution in [3.05, 3.63) is 35.4 Å². The van der Waals surface area contributed by atoms with E-state index < -0.39 is 0 Å². The summed E-state index contributed by atoms with van der Waals surface area (Å²) in [7, 11) is 0. The third-order valence-electron chi connectivity index (χ3n) is 1.67. The Labute approximate surface area is 92.6 Å². The molecule has 1 aromatic heterocycles. The van der Waals surface area contributed by atoms with Gasteiger partial charge in [0.1, 0.15) is 5.82 Å². The Balaban J connectivity index is 2.63. The van der Waals surface area contributed by atoms with Gasteiger partial charge in [-0.2, -0.15) is 0 Å². The molecule has 1 rings (SSSR count). The molecule has 0 spiro atoms. The molecule has 1 aromatic rings. The lowest BCUT2D eigenvalue weighted by molar-refractivity contribution is -0.109. The highest BCUT2D eigenvalue weighted by Crippen LogP contribution is 2.09. The second-order valence-corrected chi connectivity index (χ2v) is 4.22. The number of halogens is 1. The molecular weight excluding hydrogens is 213 g/mol. The van der Waals surface area contributed by atoms with E-state index >= 15 is 0 Å². The predicted molar refractivity (Wildman–Crippen MR) is 61.1 cm³/mol. The first kappa shape index (κ1) is 11.9. The van der Waals surface area contributed by atoms with Gasteiger partial charge in [0.2, 0.25) is 0 Å². The Kier molecular flexibility index (Phi) is 4.49. The van der Waals surface area contributed by atoms with Gasteiger partial charge in [0.25, 0.3) is 0 Å². The van der Waals surface area contributed by atoms with Crippen molar-refractivity contribution in [3.8, 4) is 0 Å². The van der Waals surface area contributed by atoms with Gasteiger partial charge in [-0.1, -0.05) is 17.8 Å². The van der Waals surface area contributed by atoms with Crippen molar-refractivity contribution >= 4 is 23.0 Å². The number of pyridine rings is 1. The molecule has 2 nitrogen and oxygen atoms in total. The molecule has 0 amide bonds. The van der Waals surface area contributed by atoms with E-state index in [2.05, 4.69) is 4.98 Å². The van der Waals surface area contributed by atoms with Crippen LogP contribution in [0.2, 0.25) is 0 Å². The number of hydrogen-bond acceptors (Lipinski definition) is 3. The van der Waals surface area contributed by atoms with Crippen molar-refractivity contribution in [2.45, 2.75) is 13.8 Å². The number of hydrogen-bond donors (Lipinski definition) is 0. The lowest BCUT2D eigenvalue weighted by atomic mass is 10.3. The molecule has 4 heteroatoms. The molecule has 0 saturated carbocycles. The molecule has 0 aliphatic rings. The highest BCUT2D eigenvalue weighted by Gasteiger charge is 1.99. The zero-order chi connectivity index (χ0) is 11.3. The Morgan fingerprint density at radius 2 is 2.33 bits per heavy atom. The van der Waals surface area contributed by atoms with E-state index in [1.165, 1.54) is 24.8 Å². The van der Waals surface area contributed by atoms with Crippen molar-refractivity contribution in [1.29, 1.82) is 0 Å². The van der Waals surface area contributed by atoms with Gasteiger partial charge in [-0.25, -0.2) is 4.39 Å². The van der Waals surface area contributed by atoms with Crippen molar-refractivity contribution in [2.75, 3.05) is 5.75 Å². The zero-order valence-electron chi connectivity index (χ0n) is 8.66. The van der Waals surface area contributed by atoms with E-state index in [0.29, 0.717) is 11.4 Å². The number of nitrogens with zero attached hydrogens (tertiary/aromatic N) is 1. The Bertz CT molecular complexity index is 390. The van der Waals surface area contributed by atoms with Crippen LogP contribution in [-0.4, -0.2) is 15.9 Å². The topological polar surface area (TPSA) is 30.0 Å². The van der Waals surface area contributed by atoms with Gasteiger partial charge >= 0.3 is 0 Å². The van der Waals surface area contributed by atoms with E-state index in [0.717, 1.165) is 5.69 Å². The summed E-state index contributed by atoms with van der Waals surface area (Å²) in [5, 5.41) is 0.0531. The molecule has 0 fully saturated rings. The maximum atomic E-state index is 13.2. The minimum absolute atomic E-state index is 0.0531. The number of carbonyl (C=O) groups is 1. The monoisotopic (exact) mass is 225 g/mol. The quantitative estimate of drug-likeness (QED) is 0.792. The average molecular weight is 225 g/mol. The third-order valence-corrected chi connectivity index (χ3v) is 2.44. The fourth-order valence-electron chi connectivity index (χ4n) is 1.00. The van der Waals surface area contributed by atoms with Gasteiger partial charge in [0.05, 0.1) is 5.69 Å². The lowest BCUT2D eigenvalue weighted by Crippen LogP contribution is -1.90. The first-order valence-corrected chi connectivity index (χ1v) is 5.51. The SMILES string of the molecule is CC(=O)SCC=Cc1nc(C)ccc1F. The Morgan fingerprint density at radius 1 is 1.60 bits per heavy atom. The van der Waals surface area contributed by atoms with Crippen molar-refractivity contribution < 1.29 is 9.18 Å². The van der Waals surface area contributed by atoms with E-state index in [1.54, 1.807) is 25.1 Å². The summed E-state index contributed by atoms with van der Waals surface area (Å²) in [6, 6.07) is 3.01. The van der Waals surface area contributed by atoms with E-state index in [1.807, 2.05) is 0 Å². The van der Waals surface area contributed by atoms with Crippen LogP contribution in [0.15, 0.2) is 18.2 Å². The molecule has 0 aliphatic heterocycles. The van der Waals surface area contributed by atoms with Gasteiger partial charge in [0, 0.05) is 18.4 Å². The molecule has 1 heterocycles.